The first-order valence-corrected chi connectivity index (χ1v) is 4.46. The van der Waals surface area contributed by atoms with Crippen molar-refractivity contribution in [3.05, 3.63) is 64.0 Å². The van der Waals surface area contributed by atoms with E-state index in [1.165, 1.54) is 17.0 Å². The maximum Gasteiger partial charge on any atom is 0.409 e. The van der Waals surface area contributed by atoms with Crippen LogP contribution in [0.2, 0.25) is 0 Å². The van der Waals surface area contributed by atoms with E-state index in [0.29, 0.717) is 6.54 Å². The van der Waals surface area contributed by atoms with Gasteiger partial charge in [0.05, 0.1) is 17.8 Å². The molecule has 15 heavy (non-hydrogen) atoms. The Hall–Kier alpha value is -2.17. The Balaban J connectivity index is 2.29. The van der Waals surface area contributed by atoms with E-state index in [4.69, 9.17) is 0 Å². The second-order valence-electron chi connectivity index (χ2n) is 3.10. The molecule has 0 aliphatic rings. The van der Waals surface area contributed by atoms with Gasteiger partial charge in [-0.05, 0) is 5.56 Å². The number of nitrogens with zero attached hydrogens (tertiary/aromatic N) is 3. The van der Waals surface area contributed by atoms with Crippen molar-refractivity contribution in [2.75, 3.05) is 0 Å². The van der Waals surface area contributed by atoms with Crippen LogP contribution in [0.5, 0.6) is 0 Å². The summed E-state index contributed by atoms with van der Waals surface area (Å²) in [7, 11) is 0. The fourth-order valence-electron chi connectivity index (χ4n) is 1.28. The molecule has 1 aromatic carbocycles. The SMILES string of the molecule is O=c1n[n+]([O-])ccn1Cc1ccccc1. The van der Waals surface area contributed by atoms with Crippen LogP contribution in [0.15, 0.2) is 47.5 Å². The molecule has 2 rings (SSSR count). The third kappa shape index (κ3) is 2.19. The highest BCUT2D eigenvalue weighted by Gasteiger charge is 2.01. The third-order valence-electron chi connectivity index (χ3n) is 2.00. The summed E-state index contributed by atoms with van der Waals surface area (Å²) in [5.74, 6) is 0. The van der Waals surface area contributed by atoms with Crippen molar-refractivity contribution in [2.24, 2.45) is 0 Å². The Kier molecular flexibility index (Phi) is 2.45. The number of hydrogen-bond acceptors (Lipinski definition) is 3. The fraction of sp³-hybridized carbons (Fsp3) is 0.100. The quantitative estimate of drug-likeness (QED) is 0.507. The number of rotatable bonds is 2. The normalized spacial score (nSPS) is 10.1. The van der Waals surface area contributed by atoms with Gasteiger partial charge in [-0.15, -0.1) is 0 Å². The lowest BCUT2D eigenvalue weighted by molar-refractivity contribution is -0.671. The Morgan fingerprint density at radius 2 is 2.07 bits per heavy atom. The van der Waals surface area contributed by atoms with Gasteiger partial charge >= 0.3 is 5.69 Å². The molecule has 0 atom stereocenters. The summed E-state index contributed by atoms with van der Waals surface area (Å²) in [5.41, 5.74) is 0.446. The molecule has 0 saturated carbocycles. The van der Waals surface area contributed by atoms with E-state index in [2.05, 4.69) is 5.10 Å². The Morgan fingerprint density at radius 3 is 2.73 bits per heavy atom. The molecule has 0 unspecified atom stereocenters. The predicted octanol–water partition coefficient (Wildman–Crippen LogP) is -0.0750. The summed E-state index contributed by atoms with van der Waals surface area (Å²) < 4.78 is 1.38. The van der Waals surface area contributed by atoms with Crippen molar-refractivity contribution in [2.45, 2.75) is 6.54 Å². The van der Waals surface area contributed by atoms with Crippen LogP contribution in [-0.2, 0) is 6.54 Å². The lowest BCUT2D eigenvalue weighted by atomic mass is 10.2. The zero-order chi connectivity index (χ0) is 10.7. The molecule has 1 heterocycles. The van der Waals surface area contributed by atoms with Crippen molar-refractivity contribution in [1.29, 1.82) is 0 Å². The van der Waals surface area contributed by atoms with Crippen LogP contribution in [0.25, 0.3) is 0 Å². The van der Waals surface area contributed by atoms with E-state index >= 15 is 0 Å². The van der Waals surface area contributed by atoms with Gasteiger partial charge < -0.3 is 5.21 Å². The molecule has 5 heteroatoms. The smallest absolute Gasteiger partial charge is 0.409 e. The molecule has 2 aromatic rings. The first-order chi connectivity index (χ1) is 7.25. The maximum atomic E-state index is 11.3. The molecular weight excluding hydrogens is 194 g/mol. The van der Waals surface area contributed by atoms with Gasteiger partial charge in [0, 0.05) is 0 Å². The van der Waals surface area contributed by atoms with Gasteiger partial charge in [-0.25, -0.2) is 4.79 Å². The maximum absolute atomic E-state index is 11.3. The largest absolute Gasteiger partial charge is 0.594 e. The van der Waals surface area contributed by atoms with Crippen molar-refractivity contribution in [3.8, 4) is 0 Å². The van der Waals surface area contributed by atoms with E-state index in [9.17, 15) is 10.0 Å². The number of hydrogen-bond donors (Lipinski definition) is 0. The summed E-state index contributed by atoms with van der Waals surface area (Å²) in [4.78, 5) is 11.5. The molecule has 0 aliphatic heterocycles. The fourth-order valence-corrected chi connectivity index (χ4v) is 1.28. The summed E-state index contributed by atoms with van der Waals surface area (Å²) in [5, 5.41) is 13.9. The monoisotopic (exact) mass is 203 g/mol. The van der Waals surface area contributed by atoms with Crippen LogP contribution in [0.1, 0.15) is 5.56 Å². The van der Waals surface area contributed by atoms with Gasteiger partial charge in [0.1, 0.15) is 0 Å². The molecule has 0 saturated heterocycles. The average molecular weight is 203 g/mol. The first-order valence-electron chi connectivity index (χ1n) is 4.46. The van der Waals surface area contributed by atoms with Gasteiger partial charge in [0.25, 0.3) is 0 Å². The van der Waals surface area contributed by atoms with Crippen molar-refractivity contribution in [1.82, 2.24) is 9.67 Å². The molecule has 0 spiro atoms. The molecule has 0 amide bonds. The molecule has 5 nitrogen and oxygen atoms in total. The van der Waals surface area contributed by atoms with Crippen LogP contribution in [0.4, 0.5) is 0 Å². The van der Waals surface area contributed by atoms with Gasteiger partial charge in [-0.2, -0.15) is 0 Å². The minimum Gasteiger partial charge on any atom is -0.594 e. The van der Waals surface area contributed by atoms with E-state index in [-0.39, 0.29) is 4.85 Å². The Labute approximate surface area is 85.8 Å². The number of benzene rings is 1. The van der Waals surface area contributed by atoms with Crippen molar-refractivity contribution < 1.29 is 4.85 Å². The van der Waals surface area contributed by atoms with Crippen LogP contribution < -0.4 is 10.5 Å². The highest BCUT2D eigenvalue weighted by molar-refractivity contribution is 5.14. The van der Waals surface area contributed by atoms with Crippen LogP contribution in [0.3, 0.4) is 0 Å². The molecule has 1 aromatic heterocycles. The highest BCUT2D eigenvalue weighted by Crippen LogP contribution is 1.98. The Morgan fingerprint density at radius 1 is 1.33 bits per heavy atom. The lowest BCUT2D eigenvalue weighted by Crippen LogP contribution is -2.41. The highest BCUT2D eigenvalue weighted by atomic mass is 16.5. The third-order valence-corrected chi connectivity index (χ3v) is 2.00. The van der Waals surface area contributed by atoms with Gasteiger partial charge in [-0.1, -0.05) is 35.2 Å². The summed E-state index contributed by atoms with van der Waals surface area (Å²) in [6, 6.07) is 9.51. The minimum atomic E-state index is -0.545. The summed E-state index contributed by atoms with van der Waals surface area (Å²) in [6.45, 7) is 0.424. The van der Waals surface area contributed by atoms with Gasteiger partial charge in [-0.3, -0.25) is 4.57 Å². The minimum absolute atomic E-state index is 0.254. The lowest BCUT2D eigenvalue weighted by Gasteiger charge is -2.02. The molecular formula is C10H9N3O2. The van der Waals surface area contributed by atoms with Crippen molar-refractivity contribution in [3.63, 3.8) is 0 Å². The van der Waals surface area contributed by atoms with Crippen LogP contribution in [-0.4, -0.2) is 9.67 Å². The average Bonchev–Trinajstić information content (AvgIpc) is 2.24. The van der Waals surface area contributed by atoms with Crippen LogP contribution in [0, 0.1) is 5.21 Å². The van der Waals surface area contributed by atoms with E-state index in [1.807, 2.05) is 30.3 Å². The van der Waals surface area contributed by atoms with Crippen LogP contribution >= 0.6 is 0 Å². The second-order valence-corrected chi connectivity index (χ2v) is 3.10. The Bertz CT molecular complexity index is 508. The van der Waals surface area contributed by atoms with Crippen molar-refractivity contribution >= 4 is 0 Å². The van der Waals surface area contributed by atoms with E-state index in [0.717, 1.165) is 5.56 Å². The topological polar surface area (TPSA) is 61.8 Å². The molecule has 0 aliphatic carbocycles. The molecule has 0 N–H and O–H groups in total. The molecule has 0 fully saturated rings. The first kappa shape index (κ1) is 9.39. The van der Waals surface area contributed by atoms with E-state index in [1.54, 1.807) is 0 Å². The summed E-state index contributed by atoms with van der Waals surface area (Å²) in [6.07, 6.45) is 2.62. The number of aromatic nitrogens is 3. The molecule has 0 radical (unpaired) electrons. The zero-order valence-electron chi connectivity index (χ0n) is 7.91. The predicted molar refractivity (Wildman–Crippen MR) is 53.0 cm³/mol. The molecule has 0 bridgehead atoms. The van der Waals surface area contributed by atoms with Gasteiger partial charge in [0.15, 0.2) is 0 Å². The van der Waals surface area contributed by atoms with E-state index < -0.39 is 5.69 Å². The molecule has 76 valence electrons. The summed E-state index contributed by atoms with van der Waals surface area (Å²) >= 11 is 0. The second kappa shape index (κ2) is 3.91. The zero-order valence-corrected chi connectivity index (χ0v) is 7.91. The standard InChI is InChI=1S/C10H9N3O2/c14-10-11-13(15)7-6-12(10)8-9-4-2-1-3-5-9/h1-7H,8H2. The van der Waals surface area contributed by atoms with Gasteiger partial charge in [0.2, 0.25) is 6.20 Å².